The second-order valence-electron chi connectivity index (χ2n) is 8.65. The van der Waals surface area contributed by atoms with Crippen molar-refractivity contribution >= 4 is 33.3 Å². The molecule has 0 bridgehead atoms. The van der Waals surface area contributed by atoms with Crippen LogP contribution in [-0.4, -0.2) is 64.4 Å². The maximum absolute atomic E-state index is 13.5. The molecular formula is C20H23F3N6O4S. The number of fused-ring (bicyclic) bond motifs is 2. The fourth-order valence-corrected chi connectivity index (χ4v) is 6.35. The van der Waals surface area contributed by atoms with Crippen LogP contribution in [0.25, 0.3) is 0 Å². The minimum absolute atomic E-state index is 0. The number of urea groups is 1. The number of benzene rings is 1. The largest absolute Gasteiger partial charge is 0.322 e. The van der Waals surface area contributed by atoms with E-state index in [1.54, 1.807) is 11.6 Å². The van der Waals surface area contributed by atoms with Gasteiger partial charge in [-0.15, -0.1) is 0 Å². The Kier molecular flexibility index (Phi) is 5.22. The van der Waals surface area contributed by atoms with Crippen molar-refractivity contribution in [2.24, 2.45) is 0 Å². The molecule has 2 fully saturated rings. The van der Waals surface area contributed by atoms with Gasteiger partial charge in [0.1, 0.15) is 5.88 Å². The Morgan fingerprint density at radius 1 is 1.21 bits per heavy atom. The van der Waals surface area contributed by atoms with Gasteiger partial charge in [0.2, 0.25) is 5.91 Å². The molecule has 1 unspecified atom stereocenters. The smallest absolute Gasteiger partial charge is 0.322 e. The summed E-state index contributed by atoms with van der Waals surface area (Å²) in [6, 6.07) is 0.0592. The van der Waals surface area contributed by atoms with E-state index in [2.05, 4.69) is 10.4 Å². The van der Waals surface area contributed by atoms with E-state index in [0.29, 0.717) is 36.4 Å². The lowest BCUT2D eigenvalue weighted by Gasteiger charge is -2.39. The number of carbonyl (C=O) groups excluding carboxylic acids is 2. The lowest BCUT2D eigenvalue weighted by molar-refractivity contribution is -0.128. The second-order valence-corrected chi connectivity index (χ2v) is 10.5. The maximum atomic E-state index is 13.5. The van der Waals surface area contributed by atoms with Crippen molar-refractivity contribution in [1.29, 1.82) is 0 Å². The van der Waals surface area contributed by atoms with Crippen molar-refractivity contribution in [2.75, 3.05) is 22.0 Å². The van der Waals surface area contributed by atoms with Crippen LogP contribution in [0.2, 0.25) is 0 Å². The van der Waals surface area contributed by atoms with Crippen LogP contribution in [0.4, 0.5) is 29.3 Å². The molecular weight excluding hydrogens is 477 g/mol. The predicted molar refractivity (Wildman–Crippen MR) is 116 cm³/mol. The summed E-state index contributed by atoms with van der Waals surface area (Å²) >= 11 is 0. The number of carbonyl (C=O) groups is 2. The molecule has 2 saturated heterocycles. The van der Waals surface area contributed by atoms with Gasteiger partial charge in [0, 0.05) is 25.7 Å². The SMILES string of the molecule is C[C@H]1Cn2ncc(N3CC4CCC(=O)N4CS3(=O)=O)c2CN1C(=O)Nc1cc(F)c(F)c(F)c1.[HH]. The minimum Gasteiger partial charge on any atom is -0.322 e. The molecule has 0 saturated carbocycles. The molecule has 1 aromatic heterocycles. The van der Waals surface area contributed by atoms with E-state index in [1.165, 1.54) is 20.3 Å². The standard InChI is InChI=1S/C20H21F3N6O4S.H2/c1-11-7-28-17(9-26(11)20(31)25-12-4-14(21)19(23)15(22)5-12)16(6-24-28)29-8-13-2-3-18(30)27(13)10-34(29,32)33;/h4-6,11,13H,2-3,7-10H2,1H3,(H,25,31);1H/t11-,13?;/m0./s1. The Hall–Kier alpha value is -3.29. The third kappa shape index (κ3) is 3.65. The van der Waals surface area contributed by atoms with Gasteiger partial charge in [0.05, 0.1) is 49.3 Å². The molecule has 14 heteroatoms. The number of hydrogen-bond donors (Lipinski definition) is 1. The summed E-state index contributed by atoms with van der Waals surface area (Å²) in [7, 11) is -3.83. The number of hydrogen-bond acceptors (Lipinski definition) is 5. The molecule has 2 aromatic rings. The van der Waals surface area contributed by atoms with E-state index in [-0.39, 0.29) is 44.7 Å². The van der Waals surface area contributed by atoms with Crippen LogP contribution in [0.5, 0.6) is 0 Å². The monoisotopic (exact) mass is 500 g/mol. The Balaban J connectivity index is 0.00000289. The lowest BCUT2D eigenvalue weighted by atomic mass is 10.2. The van der Waals surface area contributed by atoms with Crippen molar-refractivity contribution < 1.29 is 32.6 Å². The molecule has 0 spiro atoms. The third-order valence-electron chi connectivity index (χ3n) is 6.45. The number of amides is 3. The molecule has 2 atom stereocenters. The highest BCUT2D eigenvalue weighted by molar-refractivity contribution is 7.92. The zero-order valence-corrected chi connectivity index (χ0v) is 18.9. The zero-order chi connectivity index (χ0) is 24.4. The van der Waals surface area contributed by atoms with E-state index in [0.717, 1.165) is 0 Å². The third-order valence-corrected chi connectivity index (χ3v) is 8.07. The predicted octanol–water partition coefficient (Wildman–Crippen LogP) is 2.08. The Morgan fingerprint density at radius 3 is 2.62 bits per heavy atom. The zero-order valence-electron chi connectivity index (χ0n) is 18.0. The molecule has 3 aliphatic rings. The molecule has 3 aliphatic heterocycles. The Bertz CT molecular complexity index is 1280. The lowest BCUT2D eigenvalue weighted by Crippen LogP contribution is -2.55. The number of nitrogens with zero attached hydrogens (tertiary/aromatic N) is 5. The van der Waals surface area contributed by atoms with Crippen LogP contribution in [-0.2, 0) is 27.9 Å². The average molecular weight is 501 g/mol. The number of sulfonamides is 1. The van der Waals surface area contributed by atoms with Gasteiger partial charge in [0.25, 0.3) is 10.0 Å². The summed E-state index contributed by atoms with van der Waals surface area (Å²) < 4.78 is 69.1. The topological polar surface area (TPSA) is 108 Å². The van der Waals surface area contributed by atoms with Crippen LogP contribution in [0, 0.1) is 17.5 Å². The maximum Gasteiger partial charge on any atom is 0.322 e. The van der Waals surface area contributed by atoms with Crippen molar-refractivity contribution in [2.45, 2.75) is 44.9 Å². The van der Waals surface area contributed by atoms with E-state index in [4.69, 9.17) is 0 Å². The van der Waals surface area contributed by atoms with Crippen LogP contribution in [0.15, 0.2) is 18.3 Å². The molecule has 34 heavy (non-hydrogen) atoms. The Morgan fingerprint density at radius 2 is 1.91 bits per heavy atom. The van der Waals surface area contributed by atoms with E-state index in [9.17, 15) is 31.2 Å². The molecule has 0 aliphatic carbocycles. The van der Waals surface area contributed by atoms with Gasteiger partial charge < -0.3 is 15.1 Å². The summed E-state index contributed by atoms with van der Waals surface area (Å²) in [5.41, 5.74) is 0.547. The number of nitrogens with one attached hydrogen (secondary N) is 1. The van der Waals surface area contributed by atoms with Gasteiger partial charge in [-0.25, -0.2) is 26.4 Å². The summed E-state index contributed by atoms with van der Waals surface area (Å²) in [5, 5.41) is 6.65. The van der Waals surface area contributed by atoms with Crippen LogP contribution >= 0.6 is 0 Å². The normalized spacial score (nSPS) is 23.6. The first-order valence-corrected chi connectivity index (χ1v) is 12.2. The number of anilines is 2. The van der Waals surface area contributed by atoms with Crippen molar-refractivity contribution in [1.82, 2.24) is 19.6 Å². The van der Waals surface area contributed by atoms with Crippen LogP contribution in [0.3, 0.4) is 0 Å². The highest BCUT2D eigenvalue weighted by Gasteiger charge is 2.44. The van der Waals surface area contributed by atoms with Gasteiger partial charge in [-0.05, 0) is 13.3 Å². The van der Waals surface area contributed by atoms with E-state index < -0.39 is 39.4 Å². The highest BCUT2D eigenvalue weighted by Crippen LogP contribution is 2.34. The average Bonchev–Trinajstić information content (AvgIpc) is 3.32. The first-order chi connectivity index (χ1) is 16.0. The summed E-state index contributed by atoms with van der Waals surface area (Å²) in [4.78, 5) is 27.6. The number of aromatic nitrogens is 2. The first kappa shape index (κ1) is 22.5. The van der Waals surface area contributed by atoms with Gasteiger partial charge in [-0.1, -0.05) is 0 Å². The van der Waals surface area contributed by atoms with Crippen LogP contribution < -0.4 is 9.62 Å². The summed E-state index contributed by atoms with van der Waals surface area (Å²) in [6.07, 6.45) is 2.29. The highest BCUT2D eigenvalue weighted by atomic mass is 32.2. The molecule has 5 rings (SSSR count). The van der Waals surface area contributed by atoms with Gasteiger partial charge >= 0.3 is 6.03 Å². The van der Waals surface area contributed by atoms with Gasteiger partial charge in [-0.3, -0.25) is 13.8 Å². The Labute approximate surface area is 194 Å². The molecule has 0 radical (unpaired) electrons. The van der Waals surface area contributed by atoms with E-state index in [1.807, 2.05) is 0 Å². The quantitative estimate of drug-likeness (QED) is 0.636. The molecule has 1 aromatic carbocycles. The first-order valence-electron chi connectivity index (χ1n) is 10.6. The molecule has 10 nitrogen and oxygen atoms in total. The molecule has 184 valence electrons. The molecule has 1 N–H and O–H groups in total. The minimum atomic E-state index is -3.83. The van der Waals surface area contributed by atoms with Gasteiger partial charge in [-0.2, -0.15) is 5.10 Å². The fraction of sp³-hybridized carbons (Fsp3) is 0.450. The summed E-state index contributed by atoms with van der Waals surface area (Å²) in [6.45, 7) is 2.09. The number of rotatable bonds is 2. The van der Waals surface area contributed by atoms with Crippen molar-refractivity contribution in [3.8, 4) is 0 Å². The van der Waals surface area contributed by atoms with E-state index >= 15 is 0 Å². The molecule has 3 amide bonds. The van der Waals surface area contributed by atoms with Crippen LogP contribution in [0.1, 0.15) is 26.9 Å². The van der Waals surface area contributed by atoms with Crippen molar-refractivity contribution in [3.05, 3.63) is 41.5 Å². The fourth-order valence-electron chi connectivity index (χ4n) is 4.65. The van der Waals surface area contributed by atoms with Crippen molar-refractivity contribution in [3.63, 3.8) is 0 Å². The second kappa shape index (κ2) is 7.89. The van der Waals surface area contributed by atoms with Gasteiger partial charge in [0.15, 0.2) is 17.5 Å². The number of halogens is 3. The summed E-state index contributed by atoms with van der Waals surface area (Å²) in [5.74, 6) is -5.10. The molecule has 4 heterocycles.